The molecule has 1 aromatic heterocycles. The first kappa shape index (κ1) is 17.3. The minimum atomic E-state index is 0. The lowest BCUT2D eigenvalue weighted by molar-refractivity contribution is 0.0141. The van der Waals surface area contributed by atoms with Crippen LogP contribution in [0, 0.1) is 0 Å². The Bertz CT molecular complexity index is 443. The molecular formula is C12H21ClN4O2S. The monoisotopic (exact) mass is 320 g/mol. The Kier molecular flexibility index (Phi) is 6.81. The topological polar surface area (TPSA) is 81.3 Å². The van der Waals surface area contributed by atoms with Gasteiger partial charge in [0.15, 0.2) is 0 Å². The maximum atomic E-state index is 12.6. The van der Waals surface area contributed by atoms with Crippen LogP contribution in [0.25, 0.3) is 0 Å². The van der Waals surface area contributed by atoms with Crippen LogP contribution in [0.4, 0.5) is 0 Å². The zero-order chi connectivity index (χ0) is 13.8. The van der Waals surface area contributed by atoms with Crippen molar-refractivity contribution in [2.45, 2.75) is 38.3 Å². The Labute approximate surface area is 129 Å². The van der Waals surface area contributed by atoms with Crippen molar-refractivity contribution in [1.29, 1.82) is 0 Å². The van der Waals surface area contributed by atoms with Crippen LogP contribution in [0.5, 0.6) is 0 Å². The van der Waals surface area contributed by atoms with E-state index in [0.29, 0.717) is 18.0 Å². The number of halogens is 1. The van der Waals surface area contributed by atoms with Gasteiger partial charge in [0.05, 0.1) is 11.8 Å². The number of ether oxygens (including phenoxy) is 1. The molecule has 1 fully saturated rings. The van der Waals surface area contributed by atoms with E-state index in [0.717, 1.165) is 25.0 Å². The quantitative estimate of drug-likeness (QED) is 0.898. The fraction of sp³-hybridized carbons (Fsp3) is 0.750. The molecule has 8 heteroatoms. The SMILES string of the molecule is CCc1nnsc1C(=O)N1CCC(OC)CC1CN.Cl. The largest absolute Gasteiger partial charge is 0.381 e. The summed E-state index contributed by atoms with van der Waals surface area (Å²) in [6, 6.07) is 0.0398. The fourth-order valence-electron chi connectivity index (χ4n) is 2.45. The number of rotatable bonds is 4. The van der Waals surface area contributed by atoms with E-state index in [4.69, 9.17) is 10.5 Å². The van der Waals surface area contributed by atoms with Gasteiger partial charge in [0.1, 0.15) is 4.88 Å². The minimum Gasteiger partial charge on any atom is -0.381 e. The number of piperidine rings is 1. The summed E-state index contributed by atoms with van der Waals surface area (Å²) in [7, 11) is 1.71. The summed E-state index contributed by atoms with van der Waals surface area (Å²) >= 11 is 1.17. The first-order valence-electron chi connectivity index (χ1n) is 6.56. The van der Waals surface area contributed by atoms with Gasteiger partial charge < -0.3 is 15.4 Å². The zero-order valence-electron chi connectivity index (χ0n) is 11.7. The Morgan fingerprint density at radius 2 is 2.35 bits per heavy atom. The van der Waals surface area contributed by atoms with Crippen molar-refractivity contribution in [3.8, 4) is 0 Å². The van der Waals surface area contributed by atoms with Crippen molar-refractivity contribution < 1.29 is 9.53 Å². The molecule has 1 aliphatic heterocycles. The molecule has 0 radical (unpaired) electrons. The predicted octanol–water partition coefficient (Wildman–Crippen LogP) is 1.10. The van der Waals surface area contributed by atoms with E-state index in [9.17, 15) is 4.79 Å². The van der Waals surface area contributed by atoms with E-state index in [1.54, 1.807) is 7.11 Å². The molecule has 1 aliphatic rings. The Morgan fingerprint density at radius 1 is 1.60 bits per heavy atom. The van der Waals surface area contributed by atoms with Crippen molar-refractivity contribution in [2.24, 2.45) is 5.73 Å². The summed E-state index contributed by atoms with van der Waals surface area (Å²) in [6.07, 6.45) is 2.57. The molecule has 20 heavy (non-hydrogen) atoms. The lowest BCUT2D eigenvalue weighted by atomic mass is 9.99. The second kappa shape index (κ2) is 7.87. The van der Waals surface area contributed by atoms with Crippen molar-refractivity contribution in [3.63, 3.8) is 0 Å². The molecule has 0 bridgehead atoms. The van der Waals surface area contributed by atoms with E-state index < -0.39 is 0 Å². The Balaban J connectivity index is 0.00000200. The number of aryl methyl sites for hydroxylation is 1. The van der Waals surface area contributed by atoms with Crippen LogP contribution in [0.3, 0.4) is 0 Å². The molecule has 6 nitrogen and oxygen atoms in total. The number of methoxy groups -OCH3 is 1. The Morgan fingerprint density at radius 3 is 2.95 bits per heavy atom. The van der Waals surface area contributed by atoms with Gasteiger partial charge in [-0.05, 0) is 30.8 Å². The summed E-state index contributed by atoms with van der Waals surface area (Å²) in [5.74, 6) is 0.0110. The van der Waals surface area contributed by atoms with Gasteiger partial charge in [0.2, 0.25) is 0 Å². The Hall–Kier alpha value is -0.760. The number of nitrogens with zero attached hydrogens (tertiary/aromatic N) is 3. The lowest BCUT2D eigenvalue weighted by Crippen LogP contribution is -2.51. The van der Waals surface area contributed by atoms with Crippen molar-refractivity contribution >= 4 is 29.8 Å². The highest BCUT2D eigenvalue weighted by atomic mass is 35.5. The third-order valence-electron chi connectivity index (χ3n) is 3.62. The van der Waals surface area contributed by atoms with Crippen LogP contribution < -0.4 is 5.73 Å². The number of carbonyl (C=O) groups is 1. The van der Waals surface area contributed by atoms with Crippen molar-refractivity contribution in [2.75, 3.05) is 20.2 Å². The lowest BCUT2D eigenvalue weighted by Gasteiger charge is -2.38. The van der Waals surface area contributed by atoms with Crippen LogP contribution in [0.1, 0.15) is 35.1 Å². The van der Waals surface area contributed by atoms with Gasteiger partial charge in [-0.3, -0.25) is 4.79 Å². The molecule has 2 unspecified atom stereocenters. The van der Waals surface area contributed by atoms with Crippen molar-refractivity contribution in [3.05, 3.63) is 10.6 Å². The van der Waals surface area contributed by atoms with Crippen LogP contribution in [-0.2, 0) is 11.2 Å². The molecule has 2 atom stereocenters. The van der Waals surface area contributed by atoms with E-state index in [1.807, 2.05) is 11.8 Å². The van der Waals surface area contributed by atoms with Gasteiger partial charge in [0.25, 0.3) is 5.91 Å². The number of hydrogen-bond acceptors (Lipinski definition) is 6. The molecule has 0 spiro atoms. The molecule has 2 rings (SSSR count). The number of likely N-dealkylation sites (tertiary alicyclic amines) is 1. The summed E-state index contributed by atoms with van der Waals surface area (Å²) in [5, 5.41) is 4.00. The number of hydrogen-bond donors (Lipinski definition) is 1. The molecular weight excluding hydrogens is 300 g/mol. The molecule has 0 aliphatic carbocycles. The van der Waals surface area contributed by atoms with Gasteiger partial charge in [-0.1, -0.05) is 11.4 Å². The summed E-state index contributed by atoms with van der Waals surface area (Å²) in [4.78, 5) is 15.1. The molecule has 1 saturated heterocycles. The van der Waals surface area contributed by atoms with Gasteiger partial charge in [-0.15, -0.1) is 17.5 Å². The van der Waals surface area contributed by atoms with Crippen LogP contribution in [0.2, 0.25) is 0 Å². The third-order valence-corrected chi connectivity index (χ3v) is 4.37. The predicted molar refractivity (Wildman–Crippen MR) is 80.4 cm³/mol. The molecule has 114 valence electrons. The average Bonchev–Trinajstić information content (AvgIpc) is 2.94. The van der Waals surface area contributed by atoms with E-state index in [2.05, 4.69) is 9.59 Å². The van der Waals surface area contributed by atoms with Gasteiger partial charge in [-0.25, -0.2) is 0 Å². The fourth-order valence-corrected chi connectivity index (χ4v) is 3.16. The number of nitrogens with two attached hydrogens (primary N) is 1. The van der Waals surface area contributed by atoms with Gasteiger partial charge >= 0.3 is 0 Å². The summed E-state index contributed by atoms with van der Waals surface area (Å²) in [5.41, 5.74) is 6.57. The summed E-state index contributed by atoms with van der Waals surface area (Å²) < 4.78 is 9.25. The van der Waals surface area contributed by atoms with E-state index in [-0.39, 0.29) is 30.5 Å². The summed E-state index contributed by atoms with van der Waals surface area (Å²) in [6.45, 7) is 3.12. The van der Waals surface area contributed by atoms with E-state index >= 15 is 0 Å². The number of carbonyl (C=O) groups excluding carboxylic acids is 1. The van der Waals surface area contributed by atoms with Crippen molar-refractivity contribution in [1.82, 2.24) is 14.5 Å². The first-order valence-corrected chi connectivity index (χ1v) is 7.33. The standard InChI is InChI=1S/C12H20N4O2S.ClH/c1-3-10-11(19-15-14-10)12(17)16-5-4-9(18-2)6-8(16)7-13;/h8-9H,3-7,13H2,1-2H3;1H. The van der Waals surface area contributed by atoms with Crippen LogP contribution in [-0.4, -0.2) is 52.7 Å². The number of aromatic nitrogens is 2. The highest BCUT2D eigenvalue weighted by Crippen LogP contribution is 2.23. The molecule has 0 saturated carbocycles. The van der Waals surface area contributed by atoms with Crippen LogP contribution >= 0.6 is 23.9 Å². The second-order valence-corrected chi connectivity index (χ2v) is 5.43. The number of amides is 1. The van der Waals surface area contributed by atoms with E-state index in [1.165, 1.54) is 11.5 Å². The van der Waals surface area contributed by atoms with Gasteiger partial charge in [-0.2, -0.15) is 0 Å². The molecule has 1 amide bonds. The second-order valence-electron chi connectivity index (χ2n) is 4.67. The third kappa shape index (κ3) is 3.46. The normalized spacial score (nSPS) is 22.4. The molecule has 2 heterocycles. The molecule has 1 aromatic rings. The maximum absolute atomic E-state index is 12.6. The maximum Gasteiger partial charge on any atom is 0.267 e. The molecule has 0 aromatic carbocycles. The highest BCUT2D eigenvalue weighted by Gasteiger charge is 2.33. The molecule has 2 N–H and O–H groups in total. The first-order chi connectivity index (χ1) is 9.21. The van der Waals surface area contributed by atoms with Gasteiger partial charge in [0, 0.05) is 26.2 Å². The zero-order valence-corrected chi connectivity index (χ0v) is 13.4. The highest BCUT2D eigenvalue weighted by molar-refractivity contribution is 7.08. The minimum absolute atomic E-state index is 0. The smallest absolute Gasteiger partial charge is 0.267 e. The van der Waals surface area contributed by atoms with Crippen LogP contribution in [0.15, 0.2) is 0 Å². The average molecular weight is 321 g/mol.